The van der Waals surface area contributed by atoms with Crippen LogP contribution in [0.1, 0.15) is 35.3 Å². The molecule has 7 heteroatoms. The summed E-state index contributed by atoms with van der Waals surface area (Å²) in [4.78, 5) is 12.4. The summed E-state index contributed by atoms with van der Waals surface area (Å²) >= 11 is 1.51. The number of carboxylic acid groups (broad SMARTS) is 1. The number of thioether (sulfide) groups is 1. The molecule has 0 aliphatic heterocycles. The molecule has 3 aromatic carbocycles. The highest BCUT2D eigenvalue weighted by Crippen LogP contribution is 2.29. The van der Waals surface area contributed by atoms with Crippen molar-refractivity contribution in [1.29, 1.82) is 0 Å². The van der Waals surface area contributed by atoms with Crippen molar-refractivity contribution in [3.05, 3.63) is 89.5 Å². The van der Waals surface area contributed by atoms with Crippen molar-refractivity contribution in [3.8, 4) is 11.1 Å². The number of aromatic carboxylic acids is 1. The molecule has 0 saturated heterocycles. The molecule has 0 aliphatic carbocycles. The second-order valence-electron chi connectivity index (χ2n) is 8.33. The van der Waals surface area contributed by atoms with Crippen molar-refractivity contribution in [1.82, 2.24) is 5.32 Å². The zero-order chi connectivity index (χ0) is 24.4. The third-order valence-electron chi connectivity index (χ3n) is 5.64. The first-order chi connectivity index (χ1) is 16.4. The fourth-order valence-electron chi connectivity index (χ4n) is 3.68. The number of halogens is 1. The Balaban J connectivity index is 0.00000432. The molecule has 35 heavy (non-hydrogen) atoms. The van der Waals surface area contributed by atoms with E-state index in [0.29, 0.717) is 31.1 Å². The van der Waals surface area contributed by atoms with Crippen molar-refractivity contribution < 1.29 is 19.7 Å². The molecule has 0 bridgehead atoms. The number of carbonyl (C=O) groups is 1. The van der Waals surface area contributed by atoms with Crippen LogP contribution in [0.15, 0.2) is 77.7 Å². The predicted octanol–water partition coefficient (Wildman–Crippen LogP) is 5.64. The molecule has 3 aromatic rings. The minimum atomic E-state index is -0.917. The molecule has 5 nitrogen and oxygen atoms in total. The highest BCUT2D eigenvalue weighted by molar-refractivity contribution is 7.99. The van der Waals surface area contributed by atoms with E-state index in [1.54, 1.807) is 6.07 Å². The smallest absolute Gasteiger partial charge is 0.336 e. The van der Waals surface area contributed by atoms with Crippen molar-refractivity contribution in [2.75, 3.05) is 32.1 Å². The molecule has 0 amide bonds. The molecule has 0 aliphatic rings. The Hall–Kier alpha value is -2.35. The molecule has 0 radical (unpaired) electrons. The Labute approximate surface area is 218 Å². The largest absolute Gasteiger partial charge is 0.478 e. The van der Waals surface area contributed by atoms with Crippen molar-refractivity contribution in [2.24, 2.45) is 0 Å². The Morgan fingerprint density at radius 3 is 2.37 bits per heavy atom. The van der Waals surface area contributed by atoms with Crippen LogP contribution < -0.4 is 5.32 Å². The maximum absolute atomic E-state index is 11.6. The lowest BCUT2D eigenvalue weighted by Crippen LogP contribution is -2.36. The predicted molar refractivity (Wildman–Crippen MR) is 146 cm³/mol. The molecule has 0 aromatic heterocycles. The minimum Gasteiger partial charge on any atom is -0.478 e. The quantitative estimate of drug-likeness (QED) is 0.202. The number of benzene rings is 3. The van der Waals surface area contributed by atoms with Crippen LogP contribution in [0.4, 0.5) is 0 Å². The summed E-state index contributed by atoms with van der Waals surface area (Å²) in [6.07, 6.45) is 0.849. The second kappa shape index (κ2) is 14.3. The number of aliphatic hydroxyl groups is 1. The summed E-state index contributed by atoms with van der Waals surface area (Å²) in [5.74, 6) is -0.208. The van der Waals surface area contributed by atoms with Crippen LogP contribution in [0, 0.1) is 0 Å². The topological polar surface area (TPSA) is 78.8 Å². The van der Waals surface area contributed by atoms with Gasteiger partial charge in [-0.25, -0.2) is 4.79 Å². The van der Waals surface area contributed by atoms with Crippen LogP contribution in [-0.4, -0.2) is 48.2 Å². The van der Waals surface area contributed by atoms with Gasteiger partial charge in [-0.05, 0) is 61.2 Å². The average Bonchev–Trinajstić information content (AvgIpc) is 2.85. The van der Waals surface area contributed by atoms with Gasteiger partial charge >= 0.3 is 5.97 Å². The molecule has 0 spiro atoms. The van der Waals surface area contributed by atoms with Crippen LogP contribution >= 0.6 is 24.2 Å². The van der Waals surface area contributed by atoms with Gasteiger partial charge in [0.15, 0.2) is 0 Å². The van der Waals surface area contributed by atoms with E-state index < -0.39 is 11.6 Å². The van der Waals surface area contributed by atoms with E-state index in [1.807, 2.05) is 56.3 Å². The second-order valence-corrected chi connectivity index (χ2v) is 9.46. The van der Waals surface area contributed by atoms with Crippen LogP contribution in [0.25, 0.3) is 11.1 Å². The molecule has 0 fully saturated rings. The zero-order valence-corrected chi connectivity index (χ0v) is 21.8. The van der Waals surface area contributed by atoms with E-state index in [2.05, 4.69) is 29.6 Å². The summed E-state index contributed by atoms with van der Waals surface area (Å²) in [6.45, 7) is 6.25. The minimum absolute atomic E-state index is 0. The molecular formula is C28H34ClNO4S. The highest BCUT2D eigenvalue weighted by atomic mass is 35.5. The molecule has 0 heterocycles. The first-order valence-corrected chi connectivity index (χ1v) is 12.5. The van der Waals surface area contributed by atoms with Crippen LogP contribution in [0.3, 0.4) is 0 Å². The lowest BCUT2D eigenvalue weighted by molar-refractivity contribution is 0.0572. The van der Waals surface area contributed by atoms with Crippen LogP contribution in [0.5, 0.6) is 0 Å². The zero-order valence-electron chi connectivity index (χ0n) is 20.2. The summed E-state index contributed by atoms with van der Waals surface area (Å²) < 4.78 is 5.38. The Morgan fingerprint density at radius 1 is 1.03 bits per heavy atom. The maximum Gasteiger partial charge on any atom is 0.336 e. The summed E-state index contributed by atoms with van der Waals surface area (Å²) in [5.41, 5.74) is 3.55. The molecular weight excluding hydrogens is 482 g/mol. The van der Waals surface area contributed by atoms with Crippen LogP contribution in [-0.2, 0) is 16.8 Å². The van der Waals surface area contributed by atoms with Gasteiger partial charge in [-0.15, -0.1) is 24.2 Å². The van der Waals surface area contributed by atoms with Crippen LogP contribution in [0.2, 0.25) is 0 Å². The lowest BCUT2D eigenvalue weighted by atomic mass is 9.96. The van der Waals surface area contributed by atoms with Crippen molar-refractivity contribution in [2.45, 2.75) is 30.8 Å². The number of hydrogen-bond acceptors (Lipinski definition) is 5. The van der Waals surface area contributed by atoms with E-state index in [9.17, 15) is 15.0 Å². The van der Waals surface area contributed by atoms with E-state index in [-0.39, 0.29) is 12.4 Å². The van der Waals surface area contributed by atoms with E-state index >= 15 is 0 Å². The summed E-state index contributed by atoms with van der Waals surface area (Å²) in [6, 6.07) is 23.5. The Bertz CT molecular complexity index is 1060. The lowest BCUT2D eigenvalue weighted by Gasteiger charge is -2.24. The number of nitrogens with one attached hydrogen (secondary N) is 1. The van der Waals surface area contributed by atoms with Gasteiger partial charge in [0.2, 0.25) is 0 Å². The highest BCUT2D eigenvalue weighted by Gasteiger charge is 2.21. The number of rotatable bonds is 13. The van der Waals surface area contributed by atoms with Crippen molar-refractivity contribution >= 4 is 30.1 Å². The molecule has 0 unspecified atom stereocenters. The van der Waals surface area contributed by atoms with E-state index in [0.717, 1.165) is 34.6 Å². The van der Waals surface area contributed by atoms with Gasteiger partial charge in [0, 0.05) is 23.8 Å². The monoisotopic (exact) mass is 515 g/mol. The third-order valence-corrected chi connectivity index (χ3v) is 6.66. The van der Waals surface area contributed by atoms with Gasteiger partial charge in [0.25, 0.3) is 0 Å². The number of hydrogen-bond donors (Lipinski definition) is 3. The van der Waals surface area contributed by atoms with Gasteiger partial charge in [-0.2, -0.15) is 0 Å². The Kier molecular flexibility index (Phi) is 11.8. The number of carboxylic acids is 1. The summed E-state index contributed by atoms with van der Waals surface area (Å²) in [5, 5.41) is 23.6. The molecule has 0 saturated carbocycles. The average molecular weight is 516 g/mol. The van der Waals surface area contributed by atoms with Gasteiger partial charge < -0.3 is 20.3 Å². The first kappa shape index (κ1) is 28.9. The van der Waals surface area contributed by atoms with Gasteiger partial charge in [0.1, 0.15) is 0 Å². The van der Waals surface area contributed by atoms with E-state index in [1.165, 1.54) is 17.3 Å². The first-order valence-electron chi connectivity index (χ1n) is 11.6. The SMILES string of the molecule is CCOCCSc1cc(-c2ccc(CCNC[C@](C)(O)c3ccccc3)cc2)ccc1C(=O)O.Cl. The van der Waals surface area contributed by atoms with E-state index in [4.69, 9.17) is 4.74 Å². The van der Waals surface area contributed by atoms with Gasteiger partial charge in [-0.1, -0.05) is 60.7 Å². The molecule has 188 valence electrons. The molecule has 3 N–H and O–H groups in total. The molecule has 1 atom stereocenters. The fraction of sp³-hybridized carbons (Fsp3) is 0.321. The summed E-state index contributed by atoms with van der Waals surface area (Å²) in [7, 11) is 0. The standard InChI is InChI=1S/C28H33NO4S.ClH/c1-3-33-17-18-34-26-19-23(13-14-25(26)27(30)31)22-11-9-21(10-12-22)15-16-29-20-28(2,32)24-7-5-4-6-8-24;/h4-14,19,29,32H,3,15-18,20H2,1-2H3,(H,30,31);1H/t28-;/m0./s1. The van der Waals surface area contributed by atoms with Gasteiger partial charge in [-0.3, -0.25) is 0 Å². The molecule has 3 rings (SSSR count). The third kappa shape index (κ3) is 8.67. The van der Waals surface area contributed by atoms with Crippen molar-refractivity contribution in [3.63, 3.8) is 0 Å². The number of ether oxygens (including phenoxy) is 1. The van der Waals surface area contributed by atoms with Gasteiger partial charge in [0.05, 0.1) is 17.8 Å². The fourth-order valence-corrected chi connectivity index (χ4v) is 4.62. The Morgan fingerprint density at radius 2 is 1.71 bits per heavy atom. The normalized spacial score (nSPS) is 12.5. The maximum atomic E-state index is 11.6.